The number of nitrogens with one attached hydrogen (secondary N) is 1. The van der Waals surface area contributed by atoms with Crippen molar-refractivity contribution in [2.45, 2.75) is 32.7 Å². The van der Waals surface area contributed by atoms with Crippen LogP contribution in [0.25, 0.3) is 0 Å². The maximum Gasteiger partial charge on any atom is 0.308 e. The molecule has 0 radical (unpaired) electrons. The third-order valence-electron chi connectivity index (χ3n) is 4.02. The number of hydrogen-bond donors (Lipinski definition) is 2. The number of benzene rings is 1. The van der Waals surface area contributed by atoms with Crippen LogP contribution in [0.5, 0.6) is 0 Å². The van der Waals surface area contributed by atoms with Crippen molar-refractivity contribution in [3.8, 4) is 0 Å². The third kappa shape index (κ3) is 3.85. The van der Waals surface area contributed by atoms with Gasteiger partial charge >= 0.3 is 5.97 Å². The molecule has 0 saturated carbocycles. The van der Waals surface area contributed by atoms with Gasteiger partial charge in [-0.3, -0.25) is 14.4 Å². The quantitative estimate of drug-likeness (QED) is 0.892. The number of nitrogens with zero attached hydrogens (tertiary/aromatic N) is 1. The van der Waals surface area contributed by atoms with E-state index in [2.05, 4.69) is 5.32 Å². The van der Waals surface area contributed by atoms with Gasteiger partial charge in [-0.2, -0.15) is 0 Å². The summed E-state index contributed by atoms with van der Waals surface area (Å²) in [6.45, 7) is 3.23. The zero-order valence-corrected chi connectivity index (χ0v) is 13.0. The molecule has 2 unspecified atom stereocenters. The van der Waals surface area contributed by atoms with E-state index >= 15 is 0 Å². The van der Waals surface area contributed by atoms with E-state index in [0.29, 0.717) is 12.8 Å². The lowest BCUT2D eigenvalue weighted by molar-refractivity contribution is -0.143. The maximum absolute atomic E-state index is 13.7. The van der Waals surface area contributed by atoms with Crippen LogP contribution in [-0.4, -0.2) is 40.4 Å². The third-order valence-corrected chi connectivity index (χ3v) is 4.02. The van der Waals surface area contributed by atoms with E-state index in [0.717, 1.165) is 6.07 Å². The summed E-state index contributed by atoms with van der Waals surface area (Å²) in [6, 6.07) is 3.63. The van der Waals surface area contributed by atoms with Gasteiger partial charge in [0.15, 0.2) is 0 Å². The predicted octanol–water partition coefficient (Wildman–Crippen LogP) is 2.11. The van der Waals surface area contributed by atoms with Crippen molar-refractivity contribution in [2.75, 3.05) is 11.9 Å². The average Bonchev–Trinajstić information content (AvgIpc) is 2.48. The summed E-state index contributed by atoms with van der Waals surface area (Å²) in [7, 11) is 0. The first-order valence-corrected chi connectivity index (χ1v) is 7.40. The van der Waals surface area contributed by atoms with Gasteiger partial charge in [-0.15, -0.1) is 0 Å². The largest absolute Gasteiger partial charge is 0.481 e. The Labute approximate surface area is 133 Å². The maximum atomic E-state index is 13.7. The van der Waals surface area contributed by atoms with Crippen LogP contribution in [0.2, 0.25) is 0 Å². The molecule has 7 heteroatoms. The van der Waals surface area contributed by atoms with Gasteiger partial charge < -0.3 is 15.3 Å². The van der Waals surface area contributed by atoms with Crippen LogP contribution in [0.4, 0.5) is 10.1 Å². The number of carbonyl (C=O) groups excluding carboxylic acids is 2. The highest BCUT2D eigenvalue weighted by atomic mass is 19.1. The number of carbonyl (C=O) groups is 3. The lowest BCUT2D eigenvalue weighted by atomic mass is 9.93. The molecule has 2 amide bonds. The fraction of sp³-hybridized carbons (Fsp3) is 0.438. The molecule has 0 bridgehead atoms. The molecule has 2 atom stereocenters. The Balaban J connectivity index is 2.24. The highest BCUT2D eigenvalue weighted by molar-refractivity contribution is 5.97. The molecule has 0 aliphatic carbocycles. The van der Waals surface area contributed by atoms with E-state index in [-0.39, 0.29) is 29.7 Å². The topological polar surface area (TPSA) is 86.7 Å². The van der Waals surface area contributed by atoms with Crippen LogP contribution in [0.1, 0.15) is 37.0 Å². The number of rotatable bonds is 3. The smallest absolute Gasteiger partial charge is 0.308 e. The summed E-state index contributed by atoms with van der Waals surface area (Å²) in [5, 5.41) is 11.5. The lowest BCUT2D eigenvalue weighted by Gasteiger charge is -2.36. The molecule has 1 saturated heterocycles. The van der Waals surface area contributed by atoms with Gasteiger partial charge in [-0.1, -0.05) is 0 Å². The van der Waals surface area contributed by atoms with Gasteiger partial charge in [0.2, 0.25) is 5.91 Å². The Morgan fingerprint density at radius 3 is 2.61 bits per heavy atom. The number of likely N-dealkylation sites (tertiary alicyclic amines) is 1. The number of anilines is 1. The molecular weight excluding hydrogens is 303 g/mol. The van der Waals surface area contributed by atoms with E-state index in [9.17, 15) is 18.8 Å². The molecule has 124 valence electrons. The van der Waals surface area contributed by atoms with Crippen molar-refractivity contribution < 1.29 is 23.9 Å². The lowest BCUT2D eigenvalue weighted by Crippen LogP contribution is -2.47. The van der Waals surface area contributed by atoms with Crippen molar-refractivity contribution in [2.24, 2.45) is 5.92 Å². The van der Waals surface area contributed by atoms with Gasteiger partial charge in [0, 0.05) is 25.1 Å². The van der Waals surface area contributed by atoms with E-state index in [1.54, 1.807) is 0 Å². The minimum Gasteiger partial charge on any atom is -0.481 e. The molecule has 0 aromatic heterocycles. The first-order chi connectivity index (χ1) is 10.8. The van der Waals surface area contributed by atoms with E-state index in [1.165, 1.54) is 24.0 Å². The van der Waals surface area contributed by atoms with Crippen molar-refractivity contribution in [1.82, 2.24) is 4.90 Å². The Kier molecular flexibility index (Phi) is 4.98. The summed E-state index contributed by atoms with van der Waals surface area (Å²) in [5.41, 5.74) is 0.149. The zero-order valence-electron chi connectivity index (χ0n) is 13.0. The minimum atomic E-state index is -0.923. The molecule has 23 heavy (non-hydrogen) atoms. The second kappa shape index (κ2) is 6.76. The van der Waals surface area contributed by atoms with Gasteiger partial charge in [0.05, 0.1) is 11.6 Å². The number of aliphatic carboxylic acids is 1. The molecule has 1 aromatic carbocycles. The summed E-state index contributed by atoms with van der Waals surface area (Å²) in [5.74, 6) is -2.95. The Hall–Kier alpha value is -2.44. The van der Waals surface area contributed by atoms with Crippen LogP contribution in [-0.2, 0) is 9.59 Å². The molecule has 1 heterocycles. The molecule has 1 aromatic rings. The number of piperidine rings is 1. The molecule has 0 spiro atoms. The second-order valence-electron chi connectivity index (χ2n) is 5.79. The second-order valence-corrected chi connectivity index (χ2v) is 5.79. The van der Waals surface area contributed by atoms with Crippen LogP contribution in [0.3, 0.4) is 0 Å². The first kappa shape index (κ1) is 16.9. The van der Waals surface area contributed by atoms with Crippen LogP contribution in [0, 0.1) is 11.7 Å². The highest BCUT2D eigenvalue weighted by Crippen LogP contribution is 2.25. The highest BCUT2D eigenvalue weighted by Gasteiger charge is 2.33. The summed E-state index contributed by atoms with van der Waals surface area (Å²) < 4.78 is 13.7. The molecule has 1 fully saturated rings. The number of hydrogen-bond acceptors (Lipinski definition) is 3. The van der Waals surface area contributed by atoms with E-state index in [1.807, 2.05) is 6.92 Å². The van der Waals surface area contributed by atoms with Gasteiger partial charge in [-0.25, -0.2) is 4.39 Å². The van der Waals surface area contributed by atoms with Gasteiger partial charge in [0.1, 0.15) is 5.82 Å². The predicted molar refractivity (Wildman–Crippen MR) is 81.6 cm³/mol. The molecule has 1 aliphatic heterocycles. The van der Waals surface area contributed by atoms with Gasteiger partial charge in [-0.05, 0) is 38.0 Å². The molecule has 6 nitrogen and oxygen atoms in total. The first-order valence-electron chi connectivity index (χ1n) is 7.40. The summed E-state index contributed by atoms with van der Waals surface area (Å²) in [4.78, 5) is 36.3. The van der Waals surface area contributed by atoms with Crippen molar-refractivity contribution in [3.05, 3.63) is 29.6 Å². The van der Waals surface area contributed by atoms with Crippen molar-refractivity contribution >= 4 is 23.5 Å². The fourth-order valence-corrected chi connectivity index (χ4v) is 2.70. The summed E-state index contributed by atoms with van der Waals surface area (Å²) >= 11 is 0. The number of carboxylic acids is 1. The van der Waals surface area contributed by atoms with Crippen LogP contribution < -0.4 is 5.32 Å². The average molecular weight is 322 g/mol. The Bertz CT molecular complexity index is 647. The van der Waals surface area contributed by atoms with E-state index < -0.39 is 23.6 Å². The normalized spacial score (nSPS) is 20.9. The molecule has 1 aliphatic rings. The van der Waals surface area contributed by atoms with Crippen molar-refractivity contribution in [1.29, 1.82) is 0 Å². The number of halogens is 1. The summed E-state index contributed by atoms with van der Waals surface area (Å²) in [6.07, 6.45) is 1.13. The number of carboxylic acid groups (broad SMARTS) is 1. The standard InChI is InChI=1S/C16H19FN2O4/c1-9-3-4-12(16(22)23)8-19(9)15(21)11-5-6-13(17)14(7-11)18-10(2)20/h5-7,9,12H,3-4,8H2,1-2H3,(H,18,20)(H,22,23). The molecule has 2 N–H and O–H groups in total. The monoisotopic (exact) mass is 322 g/mol. The van der Waals surface area contributed by atoms with Gasteiger partial charge in [0.25, 0.3) is 5.91 Å². The Morgan fingerprint density at radius 2 is 2.00 bits per heavy atom. The van der Waals surface area contributed by atoms with E-state index in [4.69, 9.17) is 5.11 Å². The zero-order chi connectivity index (χ0) is 17.1. The molecule has 2 rings (SSSR count). The molecular formula is C16H19FN2O4. The minimum absolute atomic E-state index is 0.0669. The SMILES string of the molecule is CC(=O)Nc1cc(C(=O)N2CC(C(=O)O)CCC2C)ccc1F. The van der Waals surface area contributed by atoms with Crippen LogP contribution in [0.15, 0.2) is 18.2 Å². The van der Waals surface area contributed by atoms with Crippen LogP contribution >= 0.6 is 0 Å². The van der Waals surface area contributed by atoms with Crippen molar-refractivity contribution in [3.63, 3.8) is 0 Å². The number of amides is 2. The fourth-order valence-electron chi connectivity index (χ4n) is 2.70. The Morgan fingerprint density at radius 1 is 1.30 bits per heavy atom.